The molecular weight excluding hydrogens is 252 g/mol. The standard InChI is InChI=1S/C19H16.C2H6/c1-15-6-5-9-19(14-15)18-12-10-17(11-13-18)16-7-3-2-4-8-16;1-2/h2-14H,1H3;1-2H3. The highest BCUT2D eigenvalue weighted by Gasteiger charge is 1.99. The first-order valence-corrected chi connectivity index (χ1v) is 7.55. The van der Waals surface area contributed by atoms with Crippen LogP contribution in [-0.2, 0) is 0 Å². The highest BCUT2D eigenvalue weighted by atomic mass is 14.0. The summed E-state index contributed by atoms with van der Waals surface area (Å²) in [5.74, 6) is 0. The van der Waals surface area contributed by atoms with E-state index in [1.807, 2.05) is 19.9 Å². The number of hydrogen-bond donors (Lipinski definition) is 0. The maximum absolute atomic E-state index is 2.22. The number of aryl methyl sites for hydroxylation is 1. The fraction of sp³-hybridized carbons (Fsp3) is 0.143. The molecule has 0 saturated heterocycles. The molecule has 3 aromatic carbocycles. The van der Waals surface area contributed by atoms with E-state index in [1.165, 1.54) is 27.8 Å². The average Bonchev–Trinajstić information content (AvgIpc) is 2.58. The van der Waals surface area contributed by atoms with Gasteiger partial charge in [-0.1, -0.05) is 98.3 Å². The molecule has 3 aromatic rings. The van der Waals surface area contributed by atoms with Crippen LogP contribution in [0.4, 0.5) is 0 Å². The largest absolute Gasteiger partial charge is 0.0683 e. The van der Waals surface area contributed by atoms with Crippen molar-refractivity contribution in [2.45, 2.75) is 20.8 Å². The molecule has 0 radical (unpaired) electrons. The van der Waals surface area contributed by atoms with Gasteiger partial charge in [0.2, 0.25) is 0 Å². The zero-order chi connectivity index (χ0) is 15.1. The molecule has 0 aromatic heterocycles. The van der Waals surface area contributed by atoms with Crippen LogP contribution < -0.4 is 0 Å². The lowest BCUT2D eigenvalue weighted by Gasteiger charge is -2.05. The fourth-order valence-electron chi connectivity index (χ4n) is 2.31. The first-order chi connectivity index (χ1) is 10.3. The van der Waals surface area contributed by atoms with E-state index in [1.54, 1.807) is 0 Å². The molecule has 106 valence electrons. The van der Waals surface area contributed by atoms with Crippen LogP contribution in [0.3, 0.4) is 0 Å². The van der Waals surface area contributed by atoms with Gasteiger partial charge in [0.15, 0.2) is 0 Å². The Labute approximate surface area is 128 Å². The molecule has 0 unspecified atom stereocenters. The van der Waals surface area contributed by atoms with Gasteiger partial charge >= 0.3 is 0 Å². The third kappa shape index (κ3) is 3.82. The van der Waals surface area contributed by atoms with Gasteiger partial charge in [-0.15, -0.1) is 0 Å². The molecule has 0 fully saturated rings. The Bertz CT molecular complexity index is 664. The van der Waals surface area contributed by atoms with Crippen LogP contribution in [-0.4, -0.2) is 0 Å². The Kier molecular flexibility index (Phi) is 5.34. The van der Waals surface area contributed by atoms with E-state index in [0.29, 0.717) is 0 Å². The zero-order valence-electron chi connectivity index (χ0n) is 13.0. The van der Waals surface area contributed by atoms with Crippen molar-refractivity contribution >= 4 is 0 Å². The molecule has 3 rings (SSSR count). The molecule has 0 spiro atoms. The molecule has 21 heavy (non-hydrogen) atoms. The van der Waals surface area contributed by atoms with Gasteiger partial charge in [-0.05, 0) is 29.2 Å². The molecule has 0 saturated carbocycles. The Hall–Kier alpha value is -2.34. The summed E-state index contributed by atoms with van der Waals surface area (Å²) in [6.07, 6.45) is 0. The van der Waals surface area contributed by atoms with E-state index in [9.17, 15) is 0 Å². The van der Waals surface area contributed by atoms with Crippen LogP contribution in [0.1, 0.15) is 19.4 Å². The minimum absolute atomic E-state index is 1.26. The van der Waals surface area contributed by atoms with Crippen LogP contribution in [0.2, 0.25) is 0 Å². The van der Waals surface area contributed by atoms with Crippen molar-refractivity contribution in [1.82, 2.24) is 0 Å². The SMILES string of the molecule is CC.Cc1cccc(-c2ccc(-c3ccccc3)cc2)c1. The second-order valence-electron chi connectivity index (χ2n) is 4.81. The lowest BCUT2D eigenvalue weighted by Crippen LogP contribution is -1.81. The normalized spacial score (nSPS) is 9.67. The van der Waals surface area contributed by atoms with Gasteiger partial charge in [0.05, 0.1) is 0 Å². The lowest BCUT2D eigenvalue weighted by atomic mass is 9.99. The molecule has 0 atom stereocenters. The van der Waals surface area contributed by atoms with Crippen molar-refractivity contribution in [1.29, 1.82) is 0 Å². The number of rotatable bonds is 2. The summed E-state index contributed by atoms with van der Waals surface area (Å²) in [4.78, 5) is 0. The Balaban J connectivity index is 0.000000774. The van der Waals surface area contributed by atoms with Gasteiger partial charge in [0, 0.05) is 0 Å². The van der Waals surface area contributed by atoms with Crippen molar-refractivity contribution in [3.05, 3.63) is 84.4 Å². The van der Waals surface area contributed by atoms with Crippen LogP contribution in [0.25, 0.3) is 22.3 Å². The van der Waals surface area contributed by atoms with E-state index in [0.717, 1.165) is 0 Å². The highest BCUT2D eigenvalue weighted by molar-refractivity contribution is 5.70. The first-order valence-electron chi connectivity index (χ1n) is 7.55. The second kappa shape index (κ2) is 7.44. The third-order valence-electron chi connectivity index (χ3n) is 3.34. The van der Waals surface area contributed by atoms with Gasteiger partial charge in [0.25, 0.3) is 0 Å². The molecule has 0 nitrogen and oxygen atoms in total. The molecule has 0 aliphatic rings. The smallest absolute Gasteiger partial charge is 0.0181 e. The summed E-state index contributed by atoms with van der Waals surface area (Å²) in [5.41, 5.74) is 6.36. The topological polar surface area (TPSA) is 0 Å². The van der Waals surface area contributed by atoms with Crippen LogP contribution >= 0.6 is 0 Å². The average molecular weight is 274 g/mol. The Morgan fingerprint density at radius 3 is 1.52 bits per heavy atom. The van der Waals surface area contributed by atoms with E-state index in [4.69, 9.17) is 0 Å². The van der Waals surface area contributed by atoms with Crippen LogP contribution in [0.5, 0.6) is 0 Å². The third-order valence-corrected chi connectivity index (χ3v) is 3.34. The maximum atomic E-state index is 2.22. The molecule has 0 aliphatic heterocycles. The molecule has 0 heterocycles. The van der Waals surface area contributed by atoms with Crippen molar-refractivity contribution in [2.75, 3.05) is 0 Å². The van der Waals surface area contributed by atoms with Crippen molar-refractivity contribution in [3.8, 4) is 22.3 Å². The van der Waals surface area contributed by atoms with Crippen molar-refractivity contribution < 1.29 is 0 Å². The van der Waals surface area contributed by atoms with Gasteiger partial charge < -0.3 is 0 Å². The van der Waals surface area contributed by atoms with Crippen LogP contribution in [0, 0.1) is 6.92 Å². The maximum Gasteiger partial charge on any atom is -0.0181 e. The minimum atomic E-state index is 1.26. The molecule has 0 bridgehead atoms. The van der Waals surface area contributed by atoms with E-state index in [-0.39, 0.29) is 0 Å². The quantitative estimate of drug-likeness (QED) is 0.510. The molecule has 0 heteroatoms. The minimum Gasteiger partial charge on any atom is -0.0683 e. The van der Waals surface area contributed by atoms with E-state index in [2.05, 4.69) is 79.7 Å². The summed E-state index contributed by atoms with van der Waals surface area (Å²) < 4.78 is 0. The Morgan fingerprint density at radius 2 is 0.952 bits per heavy atom. The predicted molar refractivity (Wildman–Crippen MR) is 93.4 cm³/mol. The van der Waals surface area contributed by atoms with Gasteiger partial charge in [0.1, 0.15) is 0 Å². The van der Waals surface area contributed by atoms with Crippen molar-refractivity contribution in [3.63, 3.8) is 0 Å². The summed E-state index contributed by atoms with van der Waals surface area (Å²) in [5, 5.41) is 0. The number of benzene rings is 3. The lowest BCUT2D eigenvalue weighted by molar-refractivity contribution is 1.47. The van der Waals surface area contributed by atoms with E-state index < -0.39 is 0 Å². The van der Waals surface area contributed by atoms with Gasteiger partial charge in [-0.3, -0.25) is 0 Å². The monoisotopic (exact) mass is 274 g/mol. The summed E-state index contributed by atoms with van der Waals surface area (Å²) >= 11 is 0. The first kappa shape index (κ1) is 15.1. The highest BCUT2D eigenvalue weighted by Crippen LogP contribution is 2.25. The molecule has 0 aliphatic carbocycles. The summed E-state index contributed by atoms with van der Waals surface area (Å²) in [6.45, 7) is 6.13. The van der Waals surface area contributed by atoms with Gasteiger partial charge in [-0.25, -0.2) is 0 Å². The second-order valence-corrected chi connectivity index (χ2v) is 4.81. The predicted octanol–water partition coefficient (Wildman–Crippen LogP) is 6.36. The van der Waals surface area contributed by atoms with E-state index >= 15 is 0 Å². The molecule has 0 N–H and O–H groups in total. The zero-order valence-corrected chi connectivity index (χ0v) is 13.0. The Morgan fingerprint density at radius 1 is 0.476 bits per heavy atom. The summed E-state index contributed by atoms with van der Waals surface area (Å²) in [7, 11) is 0. The van der Waals surface area contributed by atoms with Gasteiger partial charge in [-0.2, -0.15) is 0 Å². The molecular formula is C21H22. The van der Waals surface area contributed by atoms with Crippen LogP contribution in [0.15, 0.2) is 78.9 Å². The fourth-order valence-corrected chi connectivity index (χ4v) is 2.31. The van der Waals surface area contributed by atoms with Crippen molar-refractivity contribution in [2.24, 2.45) is 0 Å². The molecule has 0 amide bonds. The number of hydrogen-bond acceptors (Lipinski definition) is 0. The summed E-state index contributed by atoms with van der Waals surface area (Å²) in [6, 6.07) is 27.8.